The molecule has 0 aliphatic carbocycles. The van der Waals surface area contributed by atoms with Crippen molar-refractivity contribution in [3.63, 3.8) is 0 Å². The second kappa shape index (κ2) is 7.38. The summed E-state index contributed by atoms with van der Waals surface area (Å²) in [5.41, 5.74) is 6.12. The molecule has 1 atom stereocenters. The molecular formula is C15H32N2. The van der Waals surface area contributed by atoms with Crippen molar-refractivity contribution in [2.24, 2.45) is 11.1 Å². The fraction of sp³-hybridized carbons (Fsp3) is 1.00. The Balaban J connectivity index is 2.28. The van der Waals surface area contributed by atoms with E-state index in [1.165, 1.54) is 58.0 Å². The van der Waals surface area contributed by atoms with Crippen LogP contribution in [-0.4, -0.2) is 30.6 Å². The highest BCUT2D eigenvalue weighted by Gasteiger charge is 2.22. The van der Waals surface area contributed by atoms with E-state index in [-0.39, 0.29) is 0 Å². The Kier molecular flexibility index (Phi) is 6.50. The molecule has 2 nitrogen and oxygen atoms in total. The van der Waals surface area contributed by atoms with Gasteiger partial charge in [0.25, 0.3) is 0 Å². The molecular weight excluding hydrogens is 208 g/mol. The summed E-state index contributed by atoms with van der Waals surface area (Å²) in [6.45, 7) is 10.3. The van der Waals surface area contributed by atoms with Crippen molar-refractivity contribution in [2.45, 2.75) is 71.8 Å². The second-order valence-electron chi connectivity index (χ2n) is 6.45. The van der Waals surface area contributed by atoms with Crippen LogP contribution in [0.4, 0.5) is 0 Å². The lowest BCUT2D eigenvalue weighted by atomic mass is 9.87. The topological polar surface area (TPSA) is 29.3 Å². The van der Waals surface area contributed by atoms with Crippen LogP contribution in [0, 0.1) is 5.41 Å². The number of nitrogens with two attached hydrogens (primary N) is 1. The Morgan fingerprint density at radius 1 is 1.29 bits per heavy atom. The molecule has 0 saturated carbocycles. The van der Waals surface area contributed by atoms with E-state index >= 15 is 0 Å². The first kappa shape index (κ1) is 15.0. The summed E-state index contributed by atoms with van der Waals surface area (Å²) >= 11 is 0. The monoisotopic (exact) mass is 240 g/mol. The molecule has 1 rings (SSSR count). The zero-order valence-corrected chi connectivity index (χ0v) is 12.2. The van der Waals surface area contributed by atoms with Gasteiger partial charge in [-0.2, -0.15) is 0 Å². The first-order valence-corrected chi connectivity index (χ1v) is 7.53. The van der Waals surface area contributed by atoms with Gasteiger partial charge in [0, 0.05) is 6.04 Å². The molecule has 2 heteroatoms. The molecule has 1 aliphatic rings. The van der Waals surface area contributed by atoms with Gasteiger partial charge in [-0.05, 0) is 57.2 Å². The number of rotatable bonds is 7. The van der Waals surface area contributed by atoms with E-state index in [1.54, 1.807) is 0 Å². The molecule has 1 heterocycles. The average molecular weight is 240 g/mol. The maximum Gasteiger partial charge on any atom is 0.00951 e. The van der Waals surface area contributed by atoms with Crippen LogP contribution in [0.5, 0.6) is 0 Å². The summed E-state index contributed by atoms with van der Waals surface area (Å²) in [6.07, 6.45) is 9.56. The number of nitrogens with zero attached hydrogens (tertiary/aromatic N) is 1. The van der Waals surface area contributed by atoms with Crippen molar-refractivity contribution in [1.29, 1.82) is 0 Å². The molecule has 1 fully saturated rings. The van der Waals surface area contributed by atoms with E-state index in [1.807, 2.05) is 0 Å². The largest absolute Gasteiger partial charge is 0.330 e. The maximum atomic E-state index is 5.79. The van der Waals surface area contributed by atoms with Gasteiger partial charge < -0.3 is 10.6 Å². The number of piperidine rings is 1. The van der Waals surface area contributed by atoms with Crippen molar-refractivity contribution in [3.05, 3.63) is 0 Å². The fourth-order valence-corrected chi connectivity index (χ4v) is 2.88. The molecule has 102 valence electrons. The third kappa shape index (κ3) is 5.39. The third-order valence-corrected chi connectivity index (χ3v) is 4.22. The van der Waals surface area contributed by atoms with Crippen molar-refractivity contribution >= 4 is 0 Å². The Morgan fingerprint density at radius 3 is 2.71 bits per heavy atom. The summed E-state index contributed by atoms with van der Waals surface area (Å²) in [4.78, 5) is 2.74. The van der Waals surface area contributed by atoms with Gasteiger partial charge in [-0.15, -0.1) is 0 Å². The minimum Gasteiger partial charge on any atom is -0.330 e. The highest BCUT2D eigenvalue weighted by atomic mass is 15.2. The standard InChI is InChI=1S/C15H32N2/c1-4-8-14-9-5-6-11-17(14)12-7-10-15(2,3)13-16/h14H,4-13,16H2,1-3H3. The zero-order valence-electron chi connectivity index (χ0n) is 12.2. The van der Waals surface area contributed by atoms with Gasteiger partial charge in [-0.25, -0.2) is 0 Å². The molecule has 1 unspecified atom stereocenters. The molecule has 0 radical (unpaired) electrons. The summed E-state index contributed by atoms with van der Waals surface area (Å²) in [6, 6.07) is 0.870. The number of likely N-dealkylation sites (tertiary alicyclic amines) is 1. The first-order chi connectivity index (χ1) is 8.09. The molecule has 0 aromatic carbocycles. The van der Waals surface area contributed by atoms with Crippen molar-refractivity contribution in [3.8, 4) is 0 Å². The van der Waals surface area contributed by atoms with Crippen LogP contribution in [0.25, 0.3) is 0 Å². The molecule has 0 spiro atoms. The van der Waals surface area contributed by atoms with E-state index in [4.69, 9.17) is 5.73 Å². The fourth-order valence-electron chi connectivity index (χ4n) is 2.88. The molecule has 0 aromatic heterocycles. The normalized spacial score (nSPS) is 22.9. The zero-order chi connectivity index (χ0) is 12.7. The Labute approximate surface area is 108 Å². The van der Waals surface area contributed by atoms with E-state index in [2.05, 4.69) is 25.7 Å². The van der Waals surface area contributed by atoms with Crippen LogP contribution < -0.4 is 5.73 Å². The predicted octanol–water partition coefficient (Wildman–Crippen LogP) is 3.41. The van der Waals surface area contributed by atoms with Crippen molar-refractivity contribution in [1.82, 2.24) is 4.90 Å². The maximum absolute atomic E-state index is 5.79. The second-order valence-corrected chi connectivity index (χ2v) is 6.45. The van der Waals surface area contributed by atoms with Crippen LogP contribution >= 0.6 is 0 Å². The van der Waals surface area contributed by atoms with E-state index in [0.717, 1.165) is 12.6 Å². The van der Waals surface area contributed by atoms with E-state index in [0.29, 0.717) is 5.41 Å². The lowest BCUT2D eigenvalue weighted by Gasteiger charge is -2.36. The van der Waals surface area contributed by atoms with E-state index < -0.39 is 0 Å². The van der Waals surface area contributed by atoms with Gasteiger partial charge in [0.05, 0.1) is 0 Å². The minimum absolute atomic E-state index is 0.329. The van der Waals surface area contributed by atoms with Gasteiger partial charge in [0.15, 0.2) is 0 Å². The molecule has 17 heavy (non-hydrogen) atoms. The highest BCUT2D eigenvalue weighted by molar-refractivity contribution is 4.77. The number of hydrogen-bond donors (Lipinski definition) is 1. The SMILES string of the molecule is CCCC1CCCCN1CCCC(C)(C)CN. The molecule has 0 amide bonds. The highest BCUT2D eigenvalue weighted by Crippen LogP contribution is 2.24. The summed E-state index contributed by atoms with van der Waals surface area (Å²) in [7, 11) is 0. The van der Waals surface area contributed by atoms with Crippen LogP contribution in [0.15, 0.2) is 0 Å². The summed E-state index contributed by atoms with van der Waals surface area (Å²) in [5.74, 6) is 0. The Hall–Kier alpha value is -0.0800. The van der Waals surface area contributed by atoms with E-state index in [9.17, 15) is 0 Å². The van der Waals surface area contributed by atoms with Crippen LogP contribution in [0.3, 0.4) is 0 Å². The van der Waals surface area contributed by atoms with Crippen molar-refractivity contribution in [2.75, 3.05) is 19.6 Å². The molecule has 0 bridgehead atoms. The smallest absolute Gasteiger partial charge is 0.00951 e. The first-order valence-electron chi connectivity index (χ1n) is 7.53. The van der Waals surface area contributed by atoms with Gasteiger partial charge >= 0.3 is 0 Å². The molecule has 2 N–H and O–H groups in total. The Bertz CT molecular complexity index is 199. The van der Waals surface area contributed by atoms with Crippen LogP contribution in [0.2, 0.25) is 0 Å². The van der Waals surface area contributed by atoms with Gasteiger partial charge in [0.2, 0.25) is 0 Å². The summed E-state index contributed by atoms with van der Waals surface area (Å²) < 4.78 is 0. The minimum atomic E-state index is 0.329. The van der Waals surface area contributed by atoms with Gasteiger partial charge in [-0.3, -0.25) is 0 Å². The molecule has 0 aromatic rings. The van der Waals surface area contributed by atoms with Gasteiger partial charge in [-0.1, -0.05) is 33.6 Å². The molecule has 1 saturated heterocycles. The number of hydrogen-bond acceptors (Lipinski definition) is 2. The predicted molar refractivity (Wildman–Crippen MR) is 76.2 cm³/mol. The Morgan fingerprint density at radius 2 is 2.06 bits per heavy atom. The third-order valence-electron chi connectivity index (χ3n) is 4.22. The lowest BCUT2D eigenvalue weighted by molar-refractivity contribution is 0.131. The van der Waals surface area contributed by atoms with Crippen LogP contribution in [-0.2, 0) is 0 Å². The summed E-state index contributed by atoms with van der Waals surface area (Å²) in [5, 5.41) is 0. The van der Waals surface area contributed by atoms with Crippen molar-refractivity contribution < 1.29 is 0 Å². The lowest BCUT2D eigenvalue weighted by Crippen LogP contribution is -2.40. The van der Waals surface area contributed by atoms with Crippen LogP contribution in [0.1, 0.15) is 65.7 Å². The quantitative estimate of drug-likeness (QED) is 0.739. The van der Waals surface area contributed by atoms with Gasteiger partial charge in [0.1, 0.15) is 0 Å². The molecule has 1 aliphatic heterocycles. The average Bonchev–Trinajstić information content (AvgIpc) is 2.31.